The Bertz CT molecular complexity index is 779. The fourth-order valence-electron chi connectivity index (χ4n) is 2.11. The zero-order valence-electron chi connectivity index (χ0n) is 11.8. The summed E-state index contributed by atoms with van der Waals surface area (Å²) in [7, 11) is 1.43. The van der Waals surface area contributed by atoms with Gasteiger partial charge < -0.3 is 4.74 Å². The van der Waals surface area contributed by atoms with Crippen LogP contribution in [0, 0.1) is 6.92 Å². The highest BCUT2D eigenvalue weighted by molar-refractivity contribution is 5.74. The first-order valence-electron chi connectivity index (χ1n) is 6.23. The molecule has 0 unspecified atom stereocenters. The maximum Gasteiger partial charge on any atom is 0.431 e. The maximum atomic E-state index is 13.2. The molecule has 0 aliphatic rings. The van der Waals surface area contributed by atoms with Crippen LogP contribution in [0.3, 0.4) is 0 Å². The van der Waals surface area contributed by atoms with Crippen LogP contribution >= 0.6 is 0 Å². The molecule has 2 rings (SSSR count). The van der Waals surface area contributed by atoms with Crippen LogP contribution in [0.4, 0.5) is 13.2 Å². The molecule has 0 aliphatic heterocycles. The largest absolute Gasteiger partial charge is 0.497 e. The Morgan fingerprint density at radius 2 is 1.86 bits per heavy atom. The molecule has 1 heterocycles. The topological polar surface area (TPSA) is 48.3 Å². The fraction of sp³-hybridized carbons (Fsp3) is 0.200. The number of benzene rings is 1. The van der Waals surface area contributed by atoms with Gasteiger partial charge in [0.05, 0.1) is 18.4 Å². The summed E-state index contributed by atoms with van der Waals surface area (Å²) in [6.45, 7) is 1.55. The molecule has 116 valence electrons. The van der Waals surface area contributed by atoms with Gasteiger partial charge >= 0.3 is 6.18 Å². The Kier molecular flexibility index (Phi) is 4.07. The van der Waals surface area contributed by atoms with Gasteiger partial charge in [-0.1, -0.05) is 0 Å². The van der Waals surface area contributed by atoms with Gasteiger partial charge in [0, 0.05) is 0 Å². The van der Waals surface area contributed by atoms with E-state index in [0.29, 0.717) is 15.9 Å². The van der Waals surface area contributed by atoms with Gasteiger partial charge in [0.15, 0.2) is 6.29 Å². The van der Waals surface area contributed by atoms with Crippen molar-refractivity contribution in [1.29, 1.82) is 0 Å². The van der Waals surface area contributed by atoms with Gasteiger partial charge in [0.2, 0.25) is 0 Å². The Labute approximate surface area is 123 Å². The number of ether oxygens (including phenoxy) is 1. The second-order valence-electron chi connectivity index (χ2n) is 4.58. The van der Waals surface area contributed by atoms with Crippen LogP contribution < -0.4 is 10.3 Å². The number of pyridine rings is 1. The molecular formula is C15H12F3NO3. The summed E-state index contributed by atoms with van der Waals surface area (Å²) in [6.07, 6.45) is -4.50. The monoisotopic (exact) mass is 311 g/mol. The number of carbonyl (C=O) groups excluding carboxylic acids is 1. The predicted molar refractivity (Wildman–Crippen MR) is 73.7 cm³/mol. The van der Waals surface area contributed by atoms with Crippen molar-refractivity contribution in [2.45, 2.75) is 13.1 Å². The van der Waals surface area contributed by atoms with Gasteiger partial charge in [-0.15, -0.1) is 0 Å². The molecule has 0 spiro atoms. The van der Waals surface area contributed by atoms with Crippen molar-refractivity contribution >= 4 is 6.29 Å². The normalized spacial score (nSPS) is 11.3. The van der Waals surface area contributed by atoms with Gasteiger partial charge in [0.25, 0.3) is 5.56 Å². The molecule has 22 heavy (non-hydrogen) atoms. The van der Waals surface area contributed by atoms with Crippen molar-refractivity contribution in [2.24, 2.45) is 0 Å². The van der Waals surface area contributed by atoms with Crippen LogP contribution in [0.1, 0.15) is 21.6 Å². The van der Waals surface area contributed by atoms with E-state index in [-0.39, 0.29) is 17.5 Å². The molecule has 0 aliphatic carbocycles. The van der Waals surface area contributed by atoms with E-state index in [1.165, 1.54) is 25.3 Å². The molecule has 0 amide bonds. The van der Waals surface area contributed by atoms with E-state index >= 15 is 0 Å². The van der Waals surface area contributed by atoms with E-state index < -0.39 is 17.4 Å². The number of aryl methyl sites for hydroxylation is 1. The maximum absolute atomic E-state index is 13.2. The minimum absolute atomic E-state index is 0.0434. The Hall–Kier alpha value is -2.57. The molecule has 4 nitrogen and oxygen atoms in total. The summed E-state index contributed by atoms with van der Waals surface area (Å²) in [4.78, 5) is 23.0. The average Bonchev–Trinajstić information content (AvgIpc) is 2.46. The molecule has 0 bridgehead atoms. The Morgan fingerprint density at radius 3 is 2.36 bits per heavy atom. The SMILES string of the molecule is COc1ccc(-n2c(C(F)(F)F)ccc(C=O)c2=O)c(C)c1. The summed E-state index contributed by atoms with van der Waals surface area (Å²) >= 11 is 0. The lowest BCUT2D eigenvalue weighted by molar-refractivity contribution is -0.142. The van der Waals surface area contributed by atoms with Gasteiger partial charge in [-0.3, -0.25) is 14.2 Å². The summed E-state index contributed by atoms with van der Waals surface area (Å²) in [6, 6.07) is 5.89. The van der Waals surface area contributed by atoms with E-state index in [0.717, 1.165) is 12.1 Å². The lowest BCUT2D eigenvalue weighted by Gasteiger charge is -2.17. The smallest absolute Gasteiger partial charge is 0.431 e. The highest BCUT2D eigenvalue weighted by atomic mass is 19.4. The highest BCUT2D eigenvalue weighted by Gasteiger charge is 2.35. The number of carbonyl (C=O) groups is 1. The summed E-state index contributed by atoms with van der Waals surface area (Å²) in [5.41, 5.74) is -2.05. The fourth-order valence-corrected chi connectivity index (χ4v) is 2.11. The third-order valence-corrected chi connectivity index (χ3v) is 3.17. The van der Waals surface area contributed by atoms with Crippen LogP contribution in [-0.2, 0) is 6.18 Å². The van der Waals surface area contributed by atoms with Crippen molar-refractivity contribution in [2.75, 3.05) is 7.11 Å². The number of halogens is 3. The Morgan fingerprint density at radius 1 is 1.18 bits per heavy atom. The summed E-state index contributed by atoms with van der Waals surface area (Å²) < 4.78 is 45.0. The third-order valence-electron chi connectivity index (χ3n) is 3.17. The molecule has 0 saturated carbocycles. The minimum atomic E-state index is -4.73. The van der Waals surface area contributed by atoms with Crippen LogP contribution in [-0.4, -0.2) is 18.0 Å². The zero-order valence-corrected chi connectivity index (χ0v) is 11.8. The predicted octanol–water partition coefficient (Wildman–Crippen LogP) is 2.99. The van der Waals surface area contributed by atoms with Crippen molar-refractivity contribution in [3.63, 3.8) is 0 Å². The van der Waals surface area contributed by atoms with Crippen molar-refractivity contribution in [1.82, 2.24) is 4.57 Å². The van der Waals surface area contributed by atoms with Gasteiger partial charge in [-0.05, 0) is 42.8 Å². The number of methoxy groups -OCH3 is 1. The lowest BCUT2D eigenvalue weighted by Crippen LogP contribution is -2.29. The molecule has 1 aromatic carbocycles. The van der Waals surface area contributed by atoms with Crippen molar-refractivity contribution < 1.29 is 22.7 Å². The Balaban J connectivity index is 2.83. The number of nitrogens with zero attached hydrogens (tertiary/aromatic N) is 1. The second-order valence-corrected chi connectivity index (χ2v) is 4.58. The van der Waals surface area contributed by atoms with E-state index in [4.69, 9.17) is 4.74 Å². The molecule has 0 N–H and O–H groups in total. The number of alkyl halides is 3. The first kappa shape index (κ1) is 15.8. The van der Waals surface area contributed by atoms with Crippen molar-refractivity contribution in [3.05, 3.63) is 57.5 Å². The van der Waals surface area contributed by atoms with Gasteiger partial charge in [-0.25, -0.2) is 0 Å². The molecule has 0 saturated heterocycles. The molecular weight excluding hydrogens is 299 g/mol. The van der Waals surface area contributed by atoms with Crippen molar-refractivity contribution in [3.8, 4) is 11.4 Å². The van der Waals surface area contributed by atoms with Gasteiger partial charge in [-0.2, -0.15) is 13.2 Å². The first-order chi connectivity index (χ1) is 10.3. The molecule has 0 radical (unpaired) electrons. The molecule has 2 aromatic rings. The van der Waals surface area contributed by atoms with Crippen LogP contribution in [0.25, 0.3) is 5.69 Å². The van der Waals surface area contributed by atoms with E-state index in [2.05, 4.69) is 0 Å². The zero-order chi connectivity index (χ0) is 16.5. The van der Waals surface area contributed by atoms with Crippen LogP contribution in [0.5, 0.6) is 5.75 Å². The number of hydrogen-bond donors (Lipinski definition) is 0. The van der Waals surface area contributed by atoms with Crippen LogP contribution in [0.15, 0.2) is 35.1 Å². The number of hydrogen-bond acceptors (Lipinski definition) is 3. The van der Waals surface area contributed by atoms with Gasteiger partial charge in [0.1, 0.15) is 11.4 Å². The van der Waals surface area contributed by atoms with E-state index in [1.807, 2.05) is 0 Å². The summed E-state index contributed by atoms with van der Waals surface area (Å²) in [5.74, 6) is 0.453. The summed E-state index contributed by atoms with van der Waals surface area (Å²) in [5, 5.41) is 0. The first-order valence-corrected chi connectivity index (χ1v) is 6.23. The third kappa shape index (κ3) is 2.74. The quantitative estimate of drug-likeness (QED) is 0.819. The standard InChI is InChI=1S/C15H12F3NO3/c1-9-7-11(22-2)4-5-12(9)19-13(15(16,17)18)6-3-10(8-20)14(19)21/h3-8H,1-2H3. The lowest BCUT2D eigenvalue weighted by atomic mass is 10.1. The molecule has 1 aromatic heterocycles. The van der Waals surface area contributed by atoms with E-state index in [9.17, 15) is 22.8 Å². The van der Waals surface area contributed by atoms with Crippen LogP contribution in [0.2, 0.25) is 0 Å². The molecule has 0 atom stereocenters. The number of aromatic nitrogens is 1. The molecule has 7 heteroatoms. The molecule has 0 fully saturated rings. The number of rotatable bonds is 3. The highest BCUT2D eigenvalue weighted by Crippen LogP contribution is 2.31. The second kappa shape index (κ2) is 5.67. The minimum Gasteiger partial charge on any atom is -0.497 e. The number of aldehydes is 1. The average molecular weight is 311 g/mol. The van der Waals surface area contributed by atoms with E-state index in [1.54, 1.807) is 6.92 Å².